The molecule has 0 bridgehead atoms. The smallest absolute Gasteiger partial charge is 0.257 e. The van der Waals surface area contributed by atoms with Gasteiger partial charge in [0, 0.05) is 22.6 Å². The van der Waals surface area contributed by atoms with Crippen LogP contribution in [0.2, 0.25) is 0 Å². The molecule has 0 aromatic heterocycles. The van der Waals surface area contributed by atoms with E-state index >= 15 is 0 Å². The monoisotopic (exact) mass is 314 g/mol. The van der Waals surface area contributed by atoms with Crippen molar-refractivity contribution in [2.75, 3.05) is 13.2 Å². The van der Waals surface area contributed by atoms with Gasteiger partial charge in [0.25, 0.3) is 5.91 Å². The highest BCUT2D eigenvalue weighted by Gasteiger charge is 2.10. The number of hydrogen-bond acceptors (Lipinski definition) is 3. The van der Waals surface area contributed by atoms with Crippen molar-refractivity contribution in [3.63, 3.8) is 0 Å². The largest absolute Gasteiger partial charge is 0.483 e. The summed E-state index contributed by atoms with van der Waals surface area (Å²) in [5.74, 6) is 0.526. The van der Waals surface area contributed by atoms with Crippen LogP contribution in [0.5, 0.6) is 5.75 Å². The van der Waals surface area contributed by atoms with Gasteiger partial charge >= 0.3 is 0 Å². The Balaban J connectivity index is 2.65. The Morgan fingerprint density at radius 3 is 2.89 bits per heavy atom. The predicted octanol–water partition coefficient (Wildman–Crippen LogP) is 2.37. The lowest BCUT2D eigenvalue weighted by Crippen LogP contribution is -2.29. The number of halogens is 1. The second-order valence-electron chi connectivity index (χ2n) is 4.11. The Labute approximate surface area is 116 Å². The van der Waals surface area contributed by atoms with Crippen LogP contribution in [0.4, 0.5) is 0 Å². The number of amides is 1. The van der Waals surface area contributed by atoms with E-state index < -0.39 is 0 Å². The van der Waals surface area contributed by atoms with E-state index in [1.807, 2.05) is 32.0 Å². The first-order chi connectivity index (χ1) is 8.54. The Hall–Kier alpha value is -1.07. The molecular weight excluding hydrogens is 296 g/mol. The molecule has 1 amide bonds. The number of benzene rings is 1. The van der Waals surface area contributed by atoms with E-state index in [4.69, 9.17) is 10.5 Å². The fourth-order valence-electron chi connectivity index (χ4n) is 1.47. The first-order valence-corrected chi connectivity index (χ1v) is 6.78. The number of nitrogens with two attached hydrogens (primary N) is 1. The topological polar surface area (TPSA) is 64.3 Å². The summed E-state index contributed by atoms with van der Waals surface area (Å²) in [6, 6.07) is 5.49. The minimum Gasteiger partial charge on any atom is -0.483 e. The molecule has 0 aliphatic rings. The number of nitrogens with one attached hydrogen (secondary N) is 1. The molecule has 3 N–H and O–H groups in total. The summed E-state index contributed by atoms with van der Waals surface area (Å²) < 4.78 is 6.42. The first kappa shape index (κ1) is 15.0. The van der Waals surface area contributed by atoms with E-state index in [2.05, 4.69) is 21.2 Å². The van der Waals surface area contributed by atoms with Gasteiger partial charge in [-0.2, -0.15) is 0 Å². The molecule has 1 aromatic carbocycles. The van der Waals surface area contributed by atoms with Crippen molar-refractivity contribution in [2.24, 2.45) is 5.73 Å². The third-order valence-corrected chi connectivity index (χ3v) is 2.89. The van der Waals surface area contributed by atoms with Gasteiger partial charge in [-0.25, -0.2) is 0 Å². The molecule has 0 fully saturated rings. The van der Waals surface area contributed by atoms with Crippen molar-refractivity contribution < 1.29 is 9.53 Å². The Kier molecular flexibility index (Phi) is 6.15. The van der Waals surface area contributed by atoms with Crippen molar-refractivity contribution in [1.29, 1.82) is 0 Å². The molecule has 5 heteroatoms. The molecule has 18 heavy (non-hydrogen) atoms. The summed E-state index contributed by atoms with van der Waals surface area (Å²) in [5.41, 5.74) is 6.75. The average Bonchev–Trinajstić information content (AvgIpc) is 2.33. The third kappa shape index (κ3) is 4.66. The maximum Gasteiger partial charge on any atom is 0.257 e. The molecule has 1 aromatic rings. The van der Waals surface area contributed by atoms with E-state index in [-0.39, 0.29) is 18.6 Å². The highest BCUT2D eigenvalue weighted by molar-refractivity contribution is 9.10. The molecule has 0 aliphatic carbocycles. The molecular formula is C13H19BrN2O2. The number of carbonyl (C=O) groups is 1. The standard InChI is InChI=1S/C13H19BrN2O2/c1-3-6-16-13(17)8-18-12-7-10(14)4-5-11(12)9(2)15/h4-5,7,9H,3,6,8,15H2,1-2H3,(H,16,17)/t9-/m1/s1. The maximum absolute atomic E-state index is 11.5. The van der Waals surface area contributed by atoms with Crippen LogP contribution in [-0.4, -0.2) is 19.1 Å². The summed E-state index contributed by atoms with van der Waals surface area (Å²) in [4.78, 5) is 11.5. The van der Waals surface area contributed by atoms with Crippen LogP contribution in [-0.2, 0) is 4.79 Å². The molecule has 100 valence electrons. The first-order valence-electron chi connectivity index (χ1n) is 5.99. The van der Waals surface area contributed by atoms with Crippen molar-refractivity contribution in [3.8, 4) is 5.75 Å². The van der Waals surface area contributed by atoms with Crippen molar-refractivity contribution >= 4 is 21.8 Å². The van der Waals surface area contributed by atoms with Gasteiger partial charge in [-0.3, -0.25) is 4.79 Å². The lowest BCUT2D eigenvalue weighted by Gasteiger charge is -2.14. The molecule has 0 unspecified atom stereocenters. The Morgan fingerprint density at radius 2 is 2.28 bits per heavy atom. The Morgan fingerprint density at radius 1 is 1.56 bits per heavy atom. The van der Waals surface area contributed by atoms with E-state index in [9.17, 15) is 4.79 Å². The zero-order valence-electron chi connectivity index (χ0n) is 10.7. The van der Waals surface area contributed by atoms with Crippen LogP contribution in [0.15, 0.2) is 22.7 Å². The minimum atomic E-state index is -0.133. The van der Waals surface area contributed by atoms with Crippen LogP contribution in [0.25, 0.3) is 0 Å². The van der Waals surface area contributed by atoms with E-state index in [0.29, 0.717) is 12.3 Å². The molecule has 0 aliphatic heterocycles. The molecule has 0 radical (unpaired) electrons. The normalized spacial score (nSPS) is 12.0. The summed E-state index contributed by atoms with van der Waals surface area (Å²) >= 11 is 3.37. The highest BCUT2D eigenvalue weighted by atomic mass is 79.9. The quantitative estimate of drug-likeness (QED) is 0.847. The van der Waals surface area contributed by atoms with Crippen LogP contribution < -0.4 is 15.8 Å². The zero-order valence-corrected chi connectivity index (χ0v) is 12.3. The van der Waals surface area contributed by atoms with Crippen molar-refractivity contribution in [1.82, 2.24) is 5.32 Å². The maximum atomic E-state index is 11.5. The highest BCUT2D eigenvalue weighted by Crippen LogP contribution is 2.27. The van der Waals surface area contributed by atoms with Gasteiger partial charge in [-0.15, -0.1) is 0 Å². The average molecular weight is 315 g/mol. The summed E-state index contributed by atoms with van der Waals surface area (Å²) in [7, 11) is 0. The summed E-state index contributed by atoms with van der Waals surface area (Å²) in [6.07, 6.45) is 0.910. The summed E-state index contributed by atoms with van der Waals surface area (Å²) in [5, 5.41) is 2.76. The van der Waals surface area contributed by atoms with E-state index in [0.717, 1.165) is 16.5 Å². The molecule has 0 heterocycles. The van der Waals surface area contributed by atoms with E-state index in [1.54, 1.807) is 0 Å². The zero-order chi connectivity index (χ0) is 13.5. The number of ether oxygens (including phenoxy) is 1. The number of hydrogen-bond donors (Lipinski definition) is 2. The lowest BCUT2D eigenvalue weighted by atomic mass is 10.1. The number of carbonyl (C=O) groups excluding carboxylic acids is 1. The molecule has 1 atom stereocenters. The van der Waals surface area contributed by atoms with E-state index in [1.165, 1.54) is 0 Å². The van der Waals surface area contributed by atoms with Gasteiger partial charge in [0.05, 0.1) is 0 Å². The SMILES string of the molecule is CCCNC(=O)COc1cc(Br)ccc1[C@@H](C)N. The minimum absolute atomic E-state index is 0.0101. The van der Waals surface area contributed by atoms with Crippen LogP contribution in [0.3, 0.4) is 0 Å². The van der Waals surface area contributed by atoms with Crippen LogP contribution >= 0.6 is 15.9 Å². The van der Waals surface area contributed by atoms with Crippen molar-refractivity contribution in [2.45, 2.75) is 26.3 Å². The third-order valence-electron chi connectivity index (χ3n) is 2.40. The lowest BCUT2D eigenvalue weighted by molar-refractivity contribution is -0.123. The molecule has 1 rings (SSSR count). The fraction of sp³-hybridized carbons (Fsp3) is 0.462. The van der Waals surface area contributed by atoms with Gasteiger partial charge in [-0.05, 0) is 25.5 Å². The van der Waals surface area contributed by atoms with Crippen LogP contribution in [0.1, 0.15) is 31.9 Å². The predicted molar refractivity (Wildman–Crippen MR) is 75.5 cm³/mol. The van der Waals surface area contributed by atoms with Crippen LogP contribution in [0, 0.1) is 0 Å². The van der Waals surface area contributed by atoms with Gasteiger partial charge in [0.1, 0.15) is 5.75 Å². The van der Waals surface area contributed by atoms with Crippen molar-refractivity contribution in [3.05, 3.63) is 28.2 Å². The van der Waals surface area contributed by atoms with Gasteiger partial charge in [0.15, 0.2) is 6.61 Å². The fourth-order valence-corrected chi connectivity index (χ4v) is 1.81. The molecule has 0 saturated heterocycles. The molecule has 0 spiro atoms. The second kappa shape index (κ2) is 7.38. The van der Waals surface area contributed by atoms with Gasteiger partial charge in [-0.1, -0.05) is 28.9 Å². The second-order valence-corrected chi connectivity index (χ2v) is 5.03. The van der Waals surface area contributed by atoms with Gasteiger partial charge in [0.2, 0.25) is 0 Å². The Bertz CT molecular complexity index is 408. The number of rotatable bonds is 6. The van der Waals surface area contributed by atoms with Gasteiger partial charge < -0.3 is 15.8 Å². The molecule has 4 nitrogen and oxygen atoms in total. The molecule has 0 saturated carbocycles. The summed E-state index contributed by atoms with van der Waals surface area (Å²) in [6.45, 7) is 4.56.